The van der Waals surface area contributed by atoms with Crippen LogP contribution in [0.25, 0.3) is 0 Å². The normalized spacial score (nSPS) is 33.8. The smallest absolute Gasteiger partial charge is 0.236 e. The highest BCUT2D eigenvalue weighted by Crippen LogP contribution is 2.20. The standard InChI is InChI=1S/C11H20N2O2/c1-8-11(14)12-7-10(13-8)6-9-2-4-15-5-3-9/h8-10,13H,2-7H2,1H3,(H,12,14). The average molecular weight is 212 g/mol. The van der Waals surface area contributed by atoms with Gasteiger partial charge in [0.2, 0.25) is 5.91 Å². The van der Waals surface area contributed by atoms with Crippen molar-refractivity contribution in [1.29, 1.82) is 0 Å². The first-order valence-electron chi connectivity index (χ1n) is 5.87. The first-order chi connectivity index (χ1) is 7.25. The summed E-state index contributed by atoms with van der Waals surface area (Å²) in [7, 11) is 0. The van der Waals surface area contributed by atoms with Gasteiger partial charge in [0.25, 0.3) is 0 Å². The molecule has 2 fully saturated rings. The lowest BCUT2D eigenvalue weighted by Crippen LogP contribution is -2.57. The van der Waals surface area contributed by atoms with E-state index < -0.39 is 0 Å². The van der Waals surface area contributed by atoms with Gasteiger partial charge in [0, 0.05) is 25.8 Å². The fourth-order valence-electron chi connectivity index (χ4n) is 2.40. The Morgan fingerprint density at radius 3 is 2.80 bits per heavy atom. The number of hydrogen-bond acceptors (Lipinski definition) is 3. The van der Waals surface area contributed by atoms with E-state index in [1.807, 2.05) is 6.92 Å². The molecule has 2 aliphatic heterocycles. The summed E-state index contributed by atoms with van der Waals surface area (Å²) in [4.78, 5) is 11.2. The molecule has 0 aromatic heterocycles. The summed E-state index contributed by atoms with van der Waals surface area (Å²) in [6, 6.07) is 0.407. The summed E-state index contributed by atoms with van der Waals surface area (Å²) in [6.07, 6.45) is 3.50. The van der Waals surface area contributed by atoms with Gasteiger partial charge < -0.3 is 15.4 Å². The van der Waals surface area contributed by atoms with E-state index in [0.717, 1.165) is 32.1 Å². The molecule has 1 amide bonds. The van der Waals surface area contributed by atoms with Gasteiger partial charge in [-0.15, -0.1) is 0 Å². The summed E-state index contributed by atoms with van der Waals surface area (Å²) >= 11 is 0. The van der Waals surface area contributed by atoms with E-state index in [1.54, 1.807) is 0 Å². The maximum atomic E-state index is 11.2. The Balaban J connectivity index is 1.76. The molecule has 0 saturated carbocycles. The zero-order valence-corrected chi connectivity index (χ0v) is 9.29. The Hall–Kier alpha value is -0.610. The average Bonchev–Trinajstić information content (AvgIpc) is 2.25. The lowest BCUT2D eigenvalue weighted by molar-refractivity contribution is -0.124. The van der Waals surface area contributed by atoms with E-state index in [4.69, 9.17) is 4.74 Å². The van der Waals surface area contributed by atoms with Crippen LogP contribution in [0.15, 0.2) is 0 Å². The van der Waals surface area contributed by atoms with Crippen LogP contribution in [0.5, 0.6) is 0 Å². The Kier molecular flexibility index (Phi) is 3.59. The molecule has 4 nitrogen and oxygen atoms in total. The molecule has 2 unspecified atom stereocenters. The van der Waals surface area contributed by atoms with Gasteiger partial charge in [-0.25, -0.2) is 0 Å². The molecule has 0 aromatic carbocycles. The minimum Gasteiger partial charge on any atom is -0.381 e. The van der Waals surface area contributed by atoms with Crippen LogP contribution in [0.1, 0.15) is 26.2 Å². The Morgan fingerprint density at radius 2 is 2.13 bits per heavy atom. The van der Waals surface area contributed by atoms with Crippen LogP contribution >= 0.6 is 0 Å². The molecule has 2 atom stereocenters. The molecular formula is C11H20N2O2. The molecule has 0 spiro atoms. The number of hydrogen-bond donors (Lipinski definition) is 2. The first-order valence-corrected chi connectivity index (χ1v) is 5.87. The quantitative estimate of drug-likeness (QED) is 0.691. The topological polar surface area (TPSA) is 50.4 Å². The van der Waals surface area contributed by atoms with E-state index in [-0.39, 0.29) is 11.9 Å². The molecule has 15 heavy (non-hydrogen) atoms. The highest BCUT2D eigenvalue weighted by atomic mass is 16.5. The second kappa shape index (κ2) is 4.94. The van der Waals surface area contributed by atoms with Crippen LogP contribution < -0.4 is 10.6 Å². The fraction of sp³-hybridized carbons (Fsp3) is 0.909. The van der Waals surface area contributed by atoms with Crippen LogP contribution in [0.2, 0.25) is 0 Å². The lowest BCUT2D eigenvalue weighted by atomic mass is 9.91. The van der Waals surface area contributed by atoms with Crippen LogP contribution in [0, 0.1) is 5.92 Å². The molecule has 2 aliphatic rings. The van der Waals surface area contributed by atoms with Crippen molar-refractivity contribution < 1.29 is 9.53 Å². The monoisotopic (exact) mass is 212 g/mol. The van der Waals surface area contributed by atoms with Gasteiger partial charge >= 0.3 is 0 Å². The number of carbonyl (C=O) groups excluding carboxylic acids is 1. The largest absolute Gasteiger partial charge is 0.381 e. The van der Waals surface area contributed by atoms with Gasteiger partial charge in [0.15, 0.2) is 0 Å². The molecule has 2 heterocycles. The molecular weight excluding hydrogens is 192 g/mol. The van der Waals surface area contributed by atoms with Gasteiger partial charge in [-0.1, -0.05) is 0 Å². The second-order valence-corrected chi connectivity index (χ2v) is 4.62. The van der Waals surface area contributed by atoms with E-state index in [1.165, 1.54) is 12.8 Å². The van der Waals surface area contributed by atoms with Gasteiger partial charge in [-0.05, 0) is 32.1 Å². The summed E-state index contributed by atoms with van der Waals surface area (Å²) < 4.78 is 5.34. The zero-order chi connectivity index (χ0) is 10.7. The minimum absolute atomic E-state index is 0.0383. The predicted octanol–water partition coefficient (Wildman–Crippen LogP) is 0.280. The Labute approximate surface area is 90.8 Å². The predicted molar refractivity (Wildman–Crippen MR) is 57.6 cm³/mol. The second-order valence-electron chi connectivity index (χ2n) is 4.62. The molecule has 0 aliphatic carbocycles. The fourth-order valence-corrected chi connectivity index (χ4v) is 2.40. The van der Waals surface area contributed by atoms with E-state index in [9.17, 15) is 4.79 Å². The number of ether oxygens (including phenoxy) is 1. The van der Waals surface area contributed by atoms with Crippen molar-refractivity contribution in [3.63, 3.8) is 0 Å². The number of nitrogens with one attached hydrogen (secondary N) is 2. The van der Waals surface area contributed by atoms with Crippen molar-refractivity contribution in [2.24, 2.45) is 5.92 Å². The van der Waals surface area contributed by atoms with Gasteiger partial charge in [-0.3, -0.25) is 4.79 Å². The summed E-state index contributed by atoms with van der Waals surface area (Å²) in [5, 5.41) is 6.30. The summed E-state index contributed by atoms with van der Waals surface area (Å²) in [6.45, 7) is 4.50. The van der Waals surface area contributed by atoms with E-state index in [2.05, 4.69) is 10.6 Å². The molecule has 4 heteroatoms. The van der Waals surface area contributed by atoms with Crippen LogP contribution in [-0.2, 0) is 9.53 Å². The van der Waals surface area contributed by atoms with Gasteiger partial charge in [0.05, 0.1) is 6.04 Å². The third-order valence-electron chi connectivity index (χ3n) is 3.36. The van der Waals surface area contributed by atoms with Crippen molar-refractivity contribution >= 4 is 5.91 Å². The molecule has 0 radical (unpaired) electrons. The molecule has 2 saturated heterocycles. The summed E-state index contributed by atoms with van der Waals surface area (Å²) in [5.74, 6) is 0.886. The van der Waals surface area contributed by atoms with Gasteiger partial charge in [0.1, 0.15) is 0 Å². The van der Waals surface area contributed by atoms with Crippen molar-refractivity contribution in [2.75, 3.05) is 19.8 Å². The van der Waals surface area contributed by atoms with Crippen molar-refractivity contribution in [1.82, 2.24) is 10.6 Å². The maximum Gasteiger partial charge on any atom is 0.236 e. The first kappa shape index (κ1) is 10.9. The Bertz CT molecular complexity index is 227. The molecule has 2 N–H and O–H groups in total. The molecule has 0 bridgehead atoms. The van der Waals surface area contributed by atoms with Gasteiger partial charge in [-0.2, -0.15) is 0 Å². The molecule has 2 rings (SSSR count). The van der Waals surface area contributed by atoms with Crippen LogP contribution in [0.3, 0.4) is 0 Å². The third-order valence-corrected chi connectivity index (χ3v) is 3.36. The molecule has 86 valence electrons. The highest BCUT2D eigenvalue weighted by molar-refractivity contribution is 5.82. The zero-order valence-electron chi connectivity index (χ0n) is 9.29. The van der Waals surface area contributed by atoms with E-state index in [0.29, 0.717) is 6.04 Å². The number of carbonyl (C=O) groups is 1. The third kappa shape index (κ3) is 2.92. The Morgan fingerprint density at radius 1 is 1.40 bits per heavy atom. The number of rotatable bonds is 2. The van der Waals surface area contributed by atoms with Crippen molar-refractivity contribution in [2.45, 2.75) is 38.3 Å². The van der Waals surface area contributed by atoms with Crippen molar-refractivity contribution in [3.8, 4) is 0 Å². The maximum absolute atomic E-state index is 11.2. The molecule has 0 aromatic rings. The SMILES string of the molecule is CC1NC(CC2CCOCC2)CNC1=O. The van der Waals surface area contributed by atoms with Crippen LogP contribution in [-0.4, -0.2) is 37.7 Å². The van der Waals surface area contributed by atoms with E-state index >= 15 is 0 Å². The highest BCUT2D eigenvalue weighted by Gasteiger charge is 2.26. The number of amides is 1. The number of piperazine rings is 1. The summed E-state index contributed by atoms with van der Waals surface area (Å²) in [5.41, 5.74) is 0. The minimum atomic E-state index is -0.0383. The van der Waals surface area contributed by atoms with Crippen molar-refractivity contribution in [3.05, 3.63) is 0 Å². The van der Waals surface area contributed by atoms with Crippen LogP contribution in [0.4, 0.5) is 0 Å². The lowest BCUT2D eigenvalue weighted by Gasteiger charge is -2.32.